The first-order valence-electron chi connectivity index (χ1n) is 12.6. The van der Waals surface area contributed by atoms with Gasteiger partial charge in [0, 0.05) is 13.0 Å². The van der Waals surface area contributed by atoms with Crippen LogP contribution in [0.5, 0.6) is 0 Å². The number of rotatable bonds is 5. The second-order valence-electron chi connectivity index (χ2n) is 10.8. The molecule has 198 valence electrons. The summed E-state index contributed by atoms with van der Waals surface area (Å²) in [5, 5.41) is 20.3. The summed E-state index contributed by atoms with van der Waals surface area (Å²) >= 11 is 0. The molecule has 3 aromatic carbocycles. The van der Waals surface area contributed by atoms with Crippen LogP contribution >= 0.6 is 0 Å². The predicted molar refractivity (Wildman–Crippen MR) is 149 cm³/mol. The third-order valence-electron chi connectivity index (χ3n) is 7.07. The number of hydrogen-bond donors (Lipinski definition) is 2. The van der Waals surface area contributed by atoms with Gasteiger partial charge in [0.15, 0.2) is 0 Å². The van der Waals surface area contributed by atoms with Crippen molar-refractivity contribution in [2.75, 3.05) is 18.6 Å². The summed E-state index contributed by atoms with van der Waals surface area (Å²) in [4.78, 5) is 27.8. The number of carbonyl (C=O) groups is 2. The fraction of sp³-hybridized carbons (Fsp3) is 0.333. The Morgan fingerprint density at radius 1 is 0.895 bits per heavy atom. The first-order chi connectivity index (χ1) is 17.8. The molecule has 2 N–H and O–H groups in total. The molecule has 38 heavy (non-hydrogen) atoms. The molecule has 0 bridgehead atoms. The highest BCUT2D eigenvalue weighted by molar-refractivity contribution is 6.60. The van der Waals surface area contributed by atoms with E-state index in [-0.39, 0.29) is 23.6 Å². The Kier molecular flexibility index (Phi) is 7.41. The topological polar surface area (TPSA) is 96.3 Å². The zero-order valence-corrected chi connectivity index (χ0v) is 23.0. The van der Waals surface area contributed by atoms with Crippen molar-refractivity contribution >= 4 is 30.3 Å². The molecular formula is C30H34BNO6. The number of ether oxygens (including phenoxy) is 2. The van der Waals surface area contributed by atoms with Crippen LogP contribution in [0.2, 0.25) is 0 Å². The molecule has 0 heterocycles. The summed E-state index contributed by atoms with van der Waals surface area (Å²) in [7, 11) is -0.290. The van der Waals surface area contributed by atoms with Gasteiger partial charge in [0.1, 0.15) is 12.2 Å². The Morgan fingerprint density at radius 3 is 1.92 bits per heavy atom. The molecule has 0 aliphatic heterocycles. The van der Waals surface area contributed by atoms with Crippen LogP contribution in [0.1, 0.15) is 64.9 Å². The van der Waals surface area contributed by atoms with E-state index in [1.165, 1.54) is 4.90 Å². The molecule has 7 nitrogen and oxygen atoms in total. The van der Waals surface area contributed by atoms with Crippen LogP contribution in [0.4, 0.5) is 10.5 Å². The number of fused-ring (bicyclic) bond motifs is 3. The fourth-order valence-corrected chi connectivity index (χ4v) is 5.53. The van der Waals surface area contributed by atoms with Crippen LogP contribution in [-0.4, -0.2) is 48.5 Å². The van der Waals surface area contributed by atoms with E-state index in [0.29, 0.717) is 22.4 Å². The lowest BCUT2D eigenvalue weighted by Gasteiger charge is -2.28. The molecule has 1 aliphatic carbocycles. The summed E-state index contributed by atoms with van der Waals surface area (Å²) in [5.41, 5.74) is 5.80. The van der Waals surface area contributed by atoms with Gasteiger partial charge in [-0.15, -0.1) is 0 Å². The van der Waals surface area contributed by atoms with Gasteiger partial charge in [0.25, 0.3) is 0 Å². The number of anilines is 1. The highest BCUT2D eigenvalue weighted by atomic mass is 16.6. The van der Waals surface area contributed by atoms with E-state index in [0.717, 1.165) is 22.3 Å². The Hall–Kier alpha value is -3.62. The normalized spacial score (nSPS) is 12.6. The van der Waals surface area contributed by atoms with Crippen molar-refractivity contribution in [2.45, 2.75) is 53.1 Å². The van der Waals surface area contributed by atoms with Crippen LogP contribution in [0.15, 0.2) is 48.5 Å². The van der Waals surface area contributed by atoms with Gasteiger partial charge in [-0.2, -0.15) is 0 Å². The molecule has 8 heteroatoms. The first kappa shape index (κ1) is 27.4. The Labute approximate surface area is 224 Å². The summed E-state index contributed by atoms with van der Waals surface area (Å²) in [6.45, 7) is 10.5. The smallest absolute Gasteiger partial charge is 0.456 e. The molecular weight excluding hydrogens is 481 g/mol. The Balaban J connectivity index is 1.67. The lowest BCUT2D eigenvalue weighted by Crippen LogP contribution is -2.40. The molecule has 0 spiro atoms. The quantitative estimate of drug-likeness (QED) is 0.380. The second kappa shape index (κ2) is 10.3. The van der Waals surface area contributed by atoms with Crippen LogP contribution in [0.25, 0.3) is 11.1 Å². The molecule has 0 fully saturated rings. The molecule has 0 atom stereocenters. The third-order valence-corrected chi connectivity index (χ3v) is 7.07. The maximum Gasteiger partial charge on any atom is 0.489 e. The van der Waals surface area contributed by atoms with Crippen molar-refractivity contribution in [3.05, 3.63) is 81.9 Å². The monoisotopic (exact) mass is 515 g/mol. The predicted octanol–water partition coefficient (Wildman–Crippen LogP) is 4.63. The molecule has 0 aromatic heterocycles. The maximum atomic E-state index is 13.4. The average molecular weight is 515 g/mol. The van der Waals surface area contributed by atoms with Crippen LogP contribution in [-0.2, 0) is 9.47 Å². The van der Waals surface area contributed by atoms with E-state index in [9.17, 15) is 19.6 Å². The van der Waals surface area contributed by atoms with Crippen molar-refractivity contribution in [3.8, 4) is 11.1 Å². The summed E-state index contributed by atoms with van der Waals surface area (Å²) < 4.78 is 11.4. The standard InChI is InChI=1S/C30H34BNO6/c1-17-25(28(33)38-30(4,5)6)18(2)27(19(3)26(17)31(35)36)32(7)29(34)37-16-24-22-14-10-8-12-20(22)21-13-9-11-15-23(21)24/h8-15,24,35-36H,16H2,1-7H3. The number of hydrogen-bond acceptors (Lipinski definition) is 6. The first-order valence-corrected chi connectivity index (χ1v) is 12.6. The fourth-order valence-electron chi connectivity index (χ4n) is 5.53. The SMILES string of the molecule is Cc1c(B(O)O)c(C)c(N(C)C(=O)OCC2c3ccccc3-c3ccccc32)c(C)c1C(=O)OC(C)(C)C. The van der Waals surface area contributed by atoms with Gasteiger partial charge in [-0.1, -0.05) is 48.5 Å². The summed E-state index contributed by atoms with van der Waals surface area (Å²) in [6, 6.07) is 16.2. The maximum absolute atomic E-state index is 13.4. The zero-order chi connectivity index (χ0) is 27.9. The van der Waals surface area contributed by atoms with Crippen LogP contribution < -0.4 is 10.4 Å². The minimum atomic E-state index is -1.84. The average Bonchev–Trinajstić information content (AvgIpc) is 3.14. The van der Waals surface area contributed by atoms with E-state index in [1.54, 1.807) is 48.6 Å². The molecule has 0 radical (unpaired) electrons. The number of nitrogens with zero attached hydrogens (tertiary/aromatic N) is 1. The highest BCUT2D eigenvalue weighted by Gasteiger charge is 2.33. The minimum Gasteiger partial charge on any atom is -0.456 e. The second-order valence-corrected chi connectivity index (χ2v) is 10.8. The number of esters is 1. The van der Waals surface area contributed by atoms with E-state index in [2.05, 4.69) is 12.1 Å². The van der Waals surface area contributed by atoms with E-state index in [1.807, 2.05) is 36.4 Å². The molecule has 4 rings (SSSR count). The van der Waals surface area contributed by atoms with Gasteiger partial charge in [-0.25, -0.2) is 9.59 Å². The van der Waals surface area contributed by atoms with E-state index < -0.39 is 24.8 Å². The van der Waals surface area contributed by atoms with Gasteiger partial charge in [0.05, 0.1) is 11.3 Å². The van der Waals surface area contributed by atoms with Gasteiger partial charge in [0.2, 0.25) is 0 Å². The van der Waals surface area contributed by atoms with Crippen LogP contribution in [0, 0.1) is 20.8 Å². The third kappa shape index (κ3) is 4.94. The Morgan fingerprint density at radius 2 is 1.42 bits per heavy atom. The molecule has 0 saturated heterocycles. The lowest BCUT2D eigenvalue weighted by molar-refractivity contribution is 0.00680. The number of amides is 1. The summed E-state index contributed by atoms with van der Waals surface area (Å²) in [5.74, 6) is -0.705. The van der Waals surface area contributed by atoms with Gasteiger partial charge in [-0.05, 0) is 85.9 Å². The zero-order valence-electron chi connectivity index (χ0n) is 23.0. The molecule has 1 aliphatic rings. The van der Waals surface area contributed by atoms with Crippen molar-refractivity contribution < 1.29 is 29.1 Å². The minimum absolute atomic E-state index is 0.105. The molecule has 0 unspecified atom stereocenters. The number of carbonyl (C=O) groups excluding carboxylic acids is 2. The van der Waals surface area contributed by atoms with Crippen molar-refractivity contribution in [2.24, 2.45) is 0 Å². The molecule has 3 aromatic rings. The Bertz CT molecular complexity index is 1360. The van der Waals surface area contributed by atoms with Crippen molar-refractivity contribution in [3.63, 3.8) is 0 Å². The van der Waals surface area contributed by atoms with E-state index >= 15 is 0 Å². The molecule has 0 saturated carbocycles. The number of benzene rings is 3. The van der Waals surface area contributed by atoms with Crippen LogP contribution in [0.3, 0.4) is 0 Å². The molecule has 1 amide bonds. The van der Waals surface area contributed by atoms with Gasteiger partial charge in [-0.3, -0.25) is 4.90 Å². The van der Waals surface area contributed by atoms with Gasteiger partial charge >= 0.3 is 19.2 Å². The van der Waals surface area contributed by atoms with Crippen molar-refractivity contribution in [1.82, 2.24) is 0 Å². The van der Waals surface area contributed by atoms with Gasteiger partial charge < -0.3 is 19.5 Å². The lowest BCUT2D eigenvalue weighted by atomic mass is 9.71. The summed E-state index contributed by atoms with van der Waals surface area (Å²) in [6.07, 6.45) is -0.615. The highest BCUT2D eigenvalue weighted by Crippen LogP contribution is 2.44. The van der Waals surface area contributed by atoms with E-state index in [4.69, 9.17) is 9.47 Å². The largest absolute Gasteiger partial charge is 0.489 e. The van der Waals surface area contributed by atoms with Crippen molar-refractivity contribution in [1.29, 1.82) is 0 Å².